The average Bonchev–Trinajstić information content (AvgIpc) is 2.75. The number of amides is 3. The Morgan fingerprint density at radius 3 is 2.31 bits per heavy atom. The molecule has 0 saturated heterocycles. The second kappa shape index (κ2) is 11.4. The van der Waals surface area contributed by atoms with Crippen LogP contribution < -0.4 is 10.6 Å². The largest absolute Gasteiger partial charge is 0.508 e. The van der Waals surface area contributed by atoms with Crippen molar-refractivity contribution in [1.82, 2.24) is 10.2 Å². The van der Waals surface area contributed by atoms with Crippen LogP contribution in [0, 0.1) is 13.8 Å². The summed E-state index contributed by atoms with van der Waals surface area (Å²) in [6, 6.07) is 7.15. The van der Waals surface area contributed by atoms with E-state index in [9.17, 15) is 24.6 Å². The maximum atomic E-state index is 13.5. The number of aliphatic hydroxyl groups excluding tert-OH is 1. The van der Waals surface area contributed by atoms with Gasteiger partial charge in [0.2, 0.25) is 5.91 Å². The molecule has 0 heterocycles. The summed E-state index contributed by atoms with van der Waals surface area (Å²) in [7, 11) is 1.38. The first-order valence-electron chi connectivity index (χ1n) is 11.0. The van der Waals surface area contributed by atoms with Crippen molar-refractivity contribution in [1.29, 1.82) is 0 Å². The third-order valence-corrected chi connectivity index (χ3v) is 5.48. The smallest absolute Gasteiger partial charge is 0.408 e. The molecule has 2 unspecified atom stereocenters. The fourth-order valence-corrected chi connectivity index (χ4v) is 3.66. The van der Waals surface area contributed by atoms with E-state index in [0.717, 1.165) is 10.5 Å². The zero-order valence-electron chi connectivity index (χ0n) is 20.7. The highest BCUT2D eigenvalue weighted by Crippen LogP contribution is 2.30. The summed E-state index contributed by atoms with van der Waals surface area (Å²) >= 11 is 6.27. The number of aryl methyl sites for hydroxylation is 2. The molecule has 2 rings (SSSR count). The maximum Gasteiger partial charge on any atom is 0.408 e. The van der Waals surface area contributed by atoms with Crippen molar-refractivity contribution in [2.45, 2.75) is 52.3 Å². The first-order chi connectivity index (χ1) is 16.2. The Morgan fingerprint density at radius 2 is 1.77 bits per heavy atom. The summed E-state index contributed by atoms with van der Waals surface area (Å²) in [4.78, 5) is 40.1. The minimum atomic E-state index is -1.36. The van der Waals surface area contributed by atoms with Gasteiger partial charge >= 0.3 is 6.09 Å². The maximum absolute atomic E-state index is 13.5. The number of nitrogens with zero attached hydrogens (tertiary/aromatic N) is 1. The lowest BCUT2D eigenvalue weighted by Gasteiger charge is -2.31. The summed E-state index contributed by atoms with van der Waals surface area (Å²) in [6.45, 7) is 7.72. The van der Waals surface area contributed by atoms with E-state index >= 15 is 0 Å². The molecule has 2 aromatic rings. The first kappa shape index (κ1) is 27.9. The summed E-state index contributed by atoms with van der Waals surface area (Å²) in [5, 5.41) is 25.2. The van der Waals surface area contributed by atoms with Gasteiger partial charge in [-0.3, -0.25) is 9.59 Å². The number of ether oxygens (including phenoxy) is 1. The van der Waals surface area contributed by atoms with Crippen LogP contribution in [0.5, 0.6) is 5.75 Å². The minimum absolute atomic E-state index is 0.0312. The molecule has 0 bridgehead atoms. The van der Waals surface area contributed by atoms with Crippen LogP contribution in [0.3, 0.4) is 0 Å². The quantitative estimate of drug-likeness (QED) is 0.454. The van der Waals surface area contributed by atoms with E-state index < -0.39 is 42.2 Å². The molecule has 2 aromatic carbocycles. The molecule has 3 amide bonds. The van der Waals surface area contributed by atoms with Gasteiger partial charge in [-0.15, -0.1) is 0 Å². The Labute approximate surface area is 210 Å². The van der Waals surface area contributed by atoms with E-state index in [4.69, 9.17) is 16.3 Å². The number of halogens is 1. The number of carbonyl (C=O) groups is 3. The predicted molar refractivity (Wildman–Crippen MR) is 133 cm³/mol. The van der Waals surface area contributed by atoms with Crippen LogP contribution in [-0.4, -0.2) is 58.3 Å². The number of aliphatic hydroxyl groups is 1. The number of alkyl carbamates (subject to hydrolysis) is 1. The summed E-state index contributed by atoms with van der Waals surface area (Å²) in [5.74, 6) is -1.26. The zero-order valence-corrected chi connectivity index (χ0v) is 21.4. The normalized spacial score (nSPS) is 12.9. The molecular formula is C25H32ClN3O6. The number of likely N-dealkylation sites (N-methyl/N-ethyl adjacent to an activating group) is 1. The highest BCUT2D eigenvalue weighted by molar-refractivity contribution is 6.34. The number of benzene rings is 2. The molecular weight excluding hydrogens is 474 g/mol. The lowest BCUT2D eigenvalue weighted by molar-refractivity contribution is -0.139. The van der Waals surface area contributed by atoms with Gasteiger partial charge in [0, 0.05) is 7.05 Å². The Bertz CT molecular complexity index is 1080. The fraction of sp³-hybridized carbons (Fsp3) is 0.400. The molecule has 0 radical (unpaired) electrons. The number of rotatable bonds is 7. The number of phenols is 1. The zero-order chi connectivity index (χ0) is 26.5. The molecule has 0 aromatic heterocycles. The van der Waals surface area contributed by atoms with E-state index in [-0.39, 0.29) is 5.75 Å². The van der Waals surface area contributed by atoms with Crippen molar-refractivity contribution in [3.8, 4) is 5.75 Å². The van der Waals surface area contributed by atoms with Crippen LogP contribution in [0.2, 0.25) is 5.02 Å². The molecule has 0 saturated carbocycles. The first-order valence-corrected chi connectivity index (χ1v) is 11.4. The molecule has 2 atom stereocenters. The Balaban J connectivity index is 2.41. The van der Waals surface area contributed by atoms with Crippen LogP contribution in [0.15, 0.2) is 36.4 Å². The van der Waals surface area contributed by atoms with Gasteiger partial charge < -0.3 is 30.5 Å². The lowest BCUT2D eigenvalue weighted by Crippen LogP contribution is -2.52. The fourth-order valence-electron chi connectivity index (χ4n) is 3.39. The lowest BCUT2D eigenvalue weighted by atomic mass is 10.0. The predicted octanol–water partition coefficient (Wildman–Crippen LogP) is 3.69. The van der Waals surface area contributed by atoms with Gasteiger partial charge in [0.1, 0.15) is 23.4 Å². The third-order valence-electron chi connectivity index (χ3n) is 5.16. The number of aromatic hydroxyl groups is 1. The van der Waals surface area contributed by atoms with Crippen LogP contribution in [-0.2, 0) is 14.3 Å². The van der Waals surface area contributed by atoms with E-state index in [1.54, 1.807) is 58.9 Å². The van der Waals surface area contributed by atoms with Gasteiger partial charge in [-0.05, 0) is 69.5 Å². The minimum Gasteiger partial charge on any atom is -0.508 e. The Morgan fingerprint density at radius 1 is 1.11 bits per heavy atom. The van der Waals surface area contributed by atoms with E-state index in [1.165, 1.54) is 19.2 Å². The molecule has 0 aliphatic carbocycles. The standard InChI is InChI=1S/C25H32ClN3O6/c1-14-8-7-9-17(26)20(14)28-22(32)21(16-10-11-19(31)15(2)12-16)29(6)23(33)18(13-30)27-24(34)35-25(3,4)5/h7-12,18,21,30-31H,13H2,1-6H3,(H,27,34)(H,28,32). The third kappa shape index (κ3) is 7.34. The molecule has 0 spiro atoms. The number of hydrogen-bond donors (Lipinski definition) is 4. The van der Waals surface area contributed by atoms with Gasteiger partial charge in [0.05, 0.1) is 17.3 Å². The molecule has 35 heavy (non-hydrogen) atoms. The summed E-state index contributed by atoms with van der Waals surface area (Å²) in [5.41, 5.74) is 1.22. The number of hydrogen-bond acceptors (Lipinski definition) is 6. The second-order valence-electron chi connectivity index (χ2n) is 9.20. The monoisotopic (exact) mass is 505 g/mol. The number of anilines is 1. The summed E-state index contributed by atoms with van der Waals surface area (Å²) in [6.07, 6.45) is -0.883. The van der Waals surface area contributed by atoms with Gasteiger partial charge in [0.15, 0.2) is 0 Å². The van der Waals surface area contributed by atoms with Crippen molar-refractivity contribution in [3.63, 3.8) is 0 Å². The number of para-hydroxylation sites is 1. The Hall–Kier alpha value is -3.30. The van der Waals surface area contributed by atoms with Gasteiger partial charge in [-0.25, -0.2) is 4.79 Å². The molecule has 0 fully saturated rings. The van der Waals surface area contributed by atoms with E-state index in [2.05, 4.69) is 10.6 Å². The van der Waals surface area contributed by atoms with E-state index in [0.29, 0.717) is 21.8 Å². The molecule has 0 aliphatic heterocycles. The van der Waals surface area contributed by atoms with Crippen molar-refractivity contribution in [2.75, 3.05) is 19.0 Å². The SMILES string of the molecule is Cc1cc(C(C(=O)Nc2c(C)cccc2Cl)N(C)C(=O)C(CO)NC(=O)OC(C)(C)C)ccc1O. The second-order valence-corrected chi connectivity index (χ2v) is 9.61. The van der Waals surface area contributed by atoms with Gasteiger partial charge in [0.25, 0.3) is 5.91 Å². The number of phenolic OH excluding ortho intramolecular Hbond substituents is 1. The highest BCUT2D eigenvalue weighted by Gasteiger charge is 2.34. The molecule has 10 heteroatoms. The van der Waals surface area contributed by atoms with Crippen molar-refractivity contribution in [2.24, 2.45) is 0 Å². The van der Waals surface area contributed by atoms with Crippen molar-refractivity contribution in [3.05, 3.63) is 58.1 Å². The van der Waals surface area contributed by atoms with Crippen LogP contribution in [0.4, 0.5) is 10.5 Å². The average molecular weight is 506 g/mol. The van der Waals surface area contributed by atoms with Gasteiger partial charge in [-0.2, -0.15) is 0 Å². The van der Waals surface area contributed by atoms with Crippen LogP contribution in [0.1, 0.15) is 43.5 Å². The Kier molecular flexibility index (Phi) is 9.12. The van der Waals surface area contributed by atoms with Crippen LogP contribution >= 0.6 is 11.6 Å². The topological polar surface area (TPSA) is 128 Å². The summed E-state index contributed by atoms with van der Waals surface area (Å²) < 4.78 is 5.17. The van der Waals surface area contributed by atoms with Crippen LogP contribution in [0.25, 0.3) is 0 Å². The molecule has 9 nitrogen and oxygen atoms in total. The highest BCUT2D eigenvalue weighted by atomic mass is 35.5. The molecule has 4 N–H and O–H groups in total. The number of nitrogens with one attached hydrogen (secondary N) is 2. The van der Waals surface area contributed by atoms with Crippen molar-refractivity contribution >= 4 is 35.2 Å². The number of carbonyl (C=O) groups excluding carboxylic acids is 3. The van der Waals surface area contributed by atoms with E-state index in [1.807, 2.05) is 0 Å². The van der Waals surface area contributed by atoms with Crippen molar-refractivity contribution < 1.29 is 29.3 Å². The molecule has 190 valence electrons. The molecule has 0 aliphatic rings. The van der Waals surface area contributed by atoms with Gasteiger partial charge in [-0.1, -0.05) is 29.8 Å².